The molecule has 196 valence electrons. The number of aromatic nitrogens is 2. The van der Waals surface area contributed by atoms with Gasteiger partial charge in [-0.15, -0.1) is 0 Å². The van der Waals surface area contributed by atoms with Gasteiger partial charge >= 0.3 is 10.1 Å². The van der Waals surface area contributed by atoms with Gasteiger partial charge in [-0.1, -0.05) is 23.9 Å². The second kappa shape index (κ2) is 11.6. The van der Waals surface area contributed by atoms with E-state index < -0.39 is 15.0 Å². The lowest BCUT2D eigenvalue weighted by Crippen LogP contribution is -2.19. The highest BCUT2D eigenvalue weighted by atomic mass is 79.9. The maximum Gasteiger partial charge on any atom is 0.339 e. The number of hydrogen-bond acceptors (Lipinski definition) is 10. The van der Waals surface area contributed by atoms with Crippen molar-refractivity contribution in [3.05, 3.63) is 80.8 Å². The molecule has 0 spiro atoms. The smallest absolute Gasteiger partial charge is 0.339 e. The van der Waals surface area contributed by atoms with Gasteiger partial charge in [-0.2, -0.15) is 13.5 Å². The summed E-state index contributed by atoms with van der Waals surface area (Å²) in [5.41, 5.74) is 4.31. The summed E-state index contributed by atoms with van der Waals surface area (Å²) in [7, 11) is -3.00. The fourth-order valence-electron chi connectivity index (χ4n) is 3.13. The van der Waals surface area contributed by atoms with Gasteiger partial charge in [-0.05, 0) is 57.9 Å². The Morgan fingerprint density at radius 2 is 1.97 bits per heavy atom. The van der Waals surface area contributed by atoms with E-state index in [1.807, 2.05) is 24.3 Å². The largest absolute Gasteiger partial charge is 0.493 e. The molecule has 3 aromatic carbocycles. The predicted octanol–water partition coefficient (Wildman–Crippen LogP) is 4.25. The normalized spacial score (nSPS) is 11.5. The van der Waals surface area contributed by atoms with Crippen molar-refractivity contribution < 1.29 is 27.1 Å². The number of halogens is 1. The van der Waals surface area contributed by atoms with E-state index in [1.54, 1.807) is 0 Å². The molecule has 0 fully saturated rings. The van der Waals surface area contributed by atoms with E-state index in [0.717, 1.165) is 35.3 Å². The number of hydrogen-bond donors (Lipinski definition) is 2. The van der Waals surface area contributed by atoms with E-state index in [0.29, 0.717) is 10.7 Å². The summed E-state index contributed by atoms with van der Waals surface area (Å²) in [6, 6.07) is 14.8. The average Bonchev–Trinajstić information content (AvgIpc) is 3.32. The Morgan fingerprint density at radius 1 is 1.24 bits per heavy atom. The van der Waals surface area contributed by atoms with Crippen LogP contribution in [0.15, 0.2) is 80.3 Å². The Morgan fingerprint density at radius 3 is 2.66 bits per heavy atom. The van der Waals surface area contributed by atoms with Gasteiger partial charge in [0.2, 0.25) is 0 Å². The summed E-state index contributed by atoms with van der Waals surface area (Å²) < 4.78 is 36.1. The first kappa shape index (κ1) is 27.1. The molecule has 4 aromatic rings. The van der Waals surface area contributed by atoms with Crippen LogP contribution in [0.1, 0.15) is 5.56 Å². The number of carbonyl (C=O) groups is 1. The number of ether oxygens (including phenoxy) is 1. The van der Waals surface area contributed by atoms with Crippen molar-refractivity contribution in [1.29, 1.82) is 0 Å². The molecule has 0 aliphatic rings. The van der Waals surface area contributed by atoms with E-state index in [4.69, 9.17) is 8.92 Å². The number of methoxy groups -OCH3 is 1. The zero-order chi connectivity index (χ0) is 27.3. The number of nitro benzene ring substituents is 1. The highest BCUT2D eigenvalue weighted by molar-refractivity contribution is 9.10. The van der Waals surface area contributed by atoms with E-state index >= 15 is 0 Å². The monoisotopic (exact) mass is 619 g/mol. The number of imidazole rings is 1. The number of non-ortho nitro benzene ring substituents is 1. The number of hydrazone groups is 1. The van der Waals surface area contributed by atoms with Crippen LogP contribution in [-0.2, 0) is 14.9 Å². The van der Waals surface area contributed by atoms with Crippen molar-refractivity contribution in [2.24, 2.45) is 5.10 Å². The first-order valence-electron chi connectivity index (χ1n) is 10.6. The molecule has 0 unspecified atom stereocenters. The number of fused-ring (bicyclic) bond motifs is 1. The average molecular weight is 620 g/mol. The molecule has 12 nitrogen and oxygen atoms in total. The summed E-state index contributed by atoms with van der Waals surface area (Å²) in [6.07, 6.45) is 1.35. The predicted molar refractivity (Wildman–Crippen MR) is 144 cm³/mol. The summed E-state index contributed by atoms with van der Waals surface area (Å²) >= 11 is 4.49. The van der Waals surface area contributed by atoms with Crippen LogP contribution in [0.3, 0.4) is 0 Å². The number of H-pyrrole nitrogens is 1. The SMILES string of the molecule is COc1cc(/C=N\NC(=O)CSc2nc3ccccc3[nH]2)cc(Br)c1OS(=O)(=O)c1ccc([N+](=O)[O-])cc1. The molecule has 0 aliphatic heterocycles. The number of rotatable bonds is 10. The number of nitrogens with zero attached hydrogens (tertiary/aromatic N) is 3. The highest BCUT2D eigenvalue weighted by Gasteiger charge is 2.23. The van der Waals surface area contributed by atoms with Gasteiger partial charge in [0.25, 0.3) is 11.6 Å². The van der Waals surface area contributed by atoms with Crippen LogP contribution in [0, 0.1) is 10.1 Å². The molecule has 0 aliphatic carbocycles. The van der Waals surface area contributed by atoms with Gasteiger partial charge in [-0.25, -0.2) is 10.4 Å². The first-order valence-corrected chi connectivity index (χ1v) is 13.8. The third kappa shape index (κ3) is 6.48. The third-order valence-electron chi connectivity index (χ3n) is 4.89. The summed E-state index contributed by atoms with van der Waals surface area (Å²) in [4.78, 5) is 29.6. The van der Waals surface area contributed by atoms with E-state index in [1.165, 1.54) is 37.2 Å². The molecule has 1 amide bonds. The molecule has 0 atom stereocenters. The minimum Gasteiger partial charge on any atom is -0.493 e. The standard InChI is InChI=1S/C23H18BrN5O7S2/c1-35-20-11-14(12-25-28-21(30)13-37-23-26-18-4-2-3-5-19(18)27-23)10-17(24)22(20)36-38(33,34)16-8-6-15(7-9-16)29(31)32/h2-12H,13H2,1H3,(H,26,27)(H,28,30)/b25-12-. The topological polar surface area (TPSA) is 166 Å². The molecule has 15 heteroatoms. The van der Waals surface area contributed by atoms with Gasteiger partial charge in [0.15, 0.2) is 16.7 Å². The number of amides is 1. The van der Waals surface area contributed by atoms with Crippen LogP contribution in [-0.4, -0.2) is 48.3 Å². The van der Waals surface area contributed by atoms with Crippen LogP contribution >= 0.6 is 27.7 Å². The second-order valence-electron chi connectivity index (χ2n) is 7.46. The Labute approximate surface area is 228 Å². The highest BCUT2D eigenvalue weighted by Crippen LogP contribution is 2.38. The zero-order valence-corrected chi connectivity index (χ0v) is 22.7. The maximum atomic E-state index is 12.7. The zero-order valence-electron chi connectivity index (χ0n) is 19.5. The van der Waals surface area contributed by atoms with E-state index in [-0.39, 0.29) is 38.2 Å². The molecule has 38 heavy (non-hydrogen) atoms. The molecular formula is C23H18BrN5O7S2. The van der Waals surface area contributed by atoms with Crippen LogP contribution in [0.4, 0.5) is 5.69 Å². The van der Waals surface area contributed by atoms with Gasteiger partial charge in [0.05, 0.1) is 39.5 Å². The summed E-state index contributed by atoms with van der Waals surface area (Å²) in [6.45, 7) is 0. The molecular weight excluding hydrogens is 602 g/mol. The molecule has 1 heterocycles. The Kier molecular flexibility index (Phi) is 8.29. The fraction of sp³-hybridized carbons (Fsp3) is 0.0870. The van der Waals surface area contributed by atoms with Crippen molar-refractivity contribution in [2.45, 2.75) is 10.1 Å². The molecule has 1 aromatic heterocycles. The quantitative estimate of drug-likeness (QED) is 0.0867. The number of nitro groups is 1. The van der Waals surface area contributed by atoms with Crippen molar-refractivity contribution in [1.82, 2.24) is 15.4 Å². The van der Waals surface area contributed by atoms with Crippen LogP contribution < -0.4 is 14.3 Å². The summed E-state index contributed by atoms with van der Waals surface area (Å²) in [5, 5.41) is 15.3. The van der Waals surface area contributed by atoms with Gasteiger partial charge in [0, 0.05) is 12.1 Å². The fourth-order valence-corrected chi connectivity index (χ4v) is 5.41. The lowest BCUT2D eigenvalue weighted by atomic mass is 10.2. The minimum absolute atomic E-state index is 0.0677. The first-order chi connectivity index (χ1) is 18.2. The summed E-state index contributed by atoms with van der Waals surface area (Å²) in [5.74, 6) is -0.337. The number of para-hydroxylation sites is 2. The molecule has 4 rings (SSSR count). The maximum absolute atomic E-state index is 12.7. The number of thioether (sulfide) groups is 1. The Bertz CT molecular complexity index is 1610. The van der Waals surface area contributed by atoms with Gasteiger partial charge < -0.3 is 13.9 Å². The van der Waals surface area contributed by atoms with Crippen molar-refractivity contribution in [2.75, 3.05) is 12.9 Å². The number of benzene rings is 3. The van der Waals surface area contributed by atoms with Crippen molar-refractivity contribution >= 4 is 66.7 Å². The number of nitrogens with one attached hydrogen (secondary N) is 2. The van der Waals surface area contributed by atoms with Gasteiger partial charge in [0.1, 0.15) is 4.90 Å². The number of carbonyl (C=O) groups excluding carboxylic acids is 1. The molecule has 0 radical (unpaired) electrons. The lowest BCUT2D eigenvalue weighted by Gasteiger charge is -2.13. The van der Waals surface area contributed by atoms with Crippen LogP contribution in [0.25, 0.3) is 11.0 Å². The van der Waals surface area contributed by atoms with Crippen molar-refractivity contribution in [3.8, 4) is 11.5 Å². The molecule has 0 bridgehead atoms. The van der Waals surface area contributed by atoms with E-state index in [9.17, 15) is 23.3 Å². The second-order valence-corrected chi connectivity index (χ2v) is 10.8. The van der Waals surface area contributed by atoms with Gasteiger partial charge in [-0.3, -0.25) is 14.9 Å². The van der Waals surface area contributed by atoms with Crippen molar-refractivity contribution in [3.63, 3.8) is 0 Å². The minimum atomic E-state index is -4.32. The third-order valence-corrected chi connectivity index (χ3v) is 7.59. The molecule has 2 N–H and O–H groups in total. The van der Waals surface area contributed by atoms with E-state index in [2.05, 4.69) is 36.4 Å². The Hall–Kier alpha value is -3.95. The van der Waals surface area contributed by atoms with Crippen LogP contribution in [0.5, 0.6) is 11.5 Å². The Balaban J connectivity index is 1.40. The molecule has 0 saturated carbocycles. The van der Waals surface area contributed by atoms with Crippen LogP contribution in [0.2, 0.25) is 0 Å². The molecule has 0 saturated heterocycles. The number of aromatic amines is 1. The lowest BCUT2D eigenvalue weighted by molar-refractivity contribution is -0.384.